The van der Waals surface area contributed by atoms with Crippen molar-refractivity contribution in [2.45, 2.75) is 45.8 Å². The summed E-state index contributed by atoms with van der Waals surface area (Å²) in [5.41, 5.74) is 1.46. The molecular formula is C13H21BClNO2. The quantitative estimate of drug-likeness (QED) is 0.797. The van der Waals surface area contributed by atoms with Crippen LogP contribution in [0.5, 0.6) is 0 Å². The molecule has 0 radical (unpaired) electrons. The second kappa shape index (κ2) is 4.85. The van der Waals surface area contributed by atoms with Gasteiger partial charge in [0.1, 0.15) is 0 Å². The van der Waals surface area contributed by atoms with E-state index in [2.05, 4.69) is 27.7 Å². The normalized spacial score (nSPS) is 20.7. The van der Waals surface area contributed by atoms with E-state index >= 15 is 0 Å². The van der Waals surface area contributed by atoms with Crippen molar-refractivity contribution in [1.82, 2.24) is 6.15 Å². The SMILES string of the molecule is Cc1cc(B2OC(C)(C)C(C)(C)O2)ccc1Cl.N. The minimum atomic E-state index is -0.309. The molecule has 1 aromatic rings. The van der Waals surface area contributed by atoms with E-state index in [1.807, 2.05) is 25.1 Å². The van der Waals surface area contributed by atoms with Gasteiger partial charge < -0.3 is 15.5 Å². The fourth-order valence-electron chi connectivity index (χ4n) is 1.79. The van der Waals surface area contributed by atoms with Crippen LogP contribution in [0.25, 0.3) is 0 Å². The van der Waals surface area contributed by atoms with Gasteiger partial charge in [0.25, 0.3) is 0 Å². The lowest BCUT2D eigenvalue weighted by Crippen LogP contribution is -2.41. The first kappa shape index (κ1) is 15.5. The van der Waals surface area contributed by atoms with Crippen molar-refractivity contribution in [1.29, 1.82) is 0 Å². The van der Waals surface area contributed by atoms with E-state index in [9.17, 15) is 0 Å². The van der Waals surface area contributed by atoms with Crippen LogP contribution in [0.1, 0.15) is 33.3 Å². The molecule has 0 bridgehead atoms. The van der Waals surface area contributed by atoms with Gasteiger partial charge in [-0.1, -0.05) is 23.7 Å². The summed E-state index contributed by atoms with van der Waals surface area (Å²) in [6.45, 7) is 10.2. The lowest BCUT2D eigenvalue weighted by atomic mass is 9.78. The number of hydrogen-bond acceptors (Lipinski definition) is 3. The zero-order valence-corrected chi connectivity index (χ0v) is 12.5. The second-order valence-electron chi connectivity index (χ2n) is 5.60. The summed E-state index contributed by atoms with van der Waals surface area (Å²) in [6, 6.07) is 5.86. The molecule has 0 saturated carbocycles. The summed E-state index contributed by atoms with van der Waals surface area (Å²) in [6.07, 6.45) is 0. The number of rotatable bonds is 1. The average Bonchev–Trinajstić information content (AvgIpc) is 2.41. The molecule has 0 aromatic heterocycles. The molecule has 0 unspecified atom stereocenters. The minimum Gasteiger partial charge on any atom is -0.399 e. The Bertz CT molecular complexity index is 433. The molecule has 1 aliphatic rings. The number of hydrogen-bond donors (Lipinski definition) is 1. The predicted octanol–water partition coefficient (Wildman–Crippen LogP) is 3.11. The summed E-state index contributed by atoms with van der Waals surface area (Å²) >= 11 is 6.02. The van der Waals surface area contributed by atoms with Crippen molar-refractivity contribution in [2.75, 3.05) is 0 Å². The number of benzene rings is 1. The molecule has 1 aliphatic heterocycles. The molecule has 2 rings (SSSR count). The maximum atomic E-state index is 6.02. The highest BCUT2D eigenvalue weighted by atomic mass is 35.5. The molecule has 1 heterocycles. The fourth-order valence-corrected chi connectivity index (χ4v) is 1.91. The molecule has 100 valence electrons. The minimum absolute atomic E-state index is 0. The molecule has 1 fully saturated rings. The highest BCUT2D eigenvalue weighted by molar-refractivity contribution is 6.62. The number of halogens is 1. The highest BCUT2D eigenvalue weighted by Gasteiger charge is 2.51. The lowest BCUT2D eigenvalue weighted by Gasteiger charge is -2.32. The first-order valence-corrected chi connectivity index (χ1v) is 6.22. The molecule has 18 heavy (non-hydrogen) atoms. The first-order valence-electron chi connectivity index (χ1n) is 5.85. The highest BCUT2D eigenvalue weighted by Crippen LogP contribution is 2.36. The zero-order valence-electron chi connectivity index (χ0n) is 11.7. The average molecular weight is 270 g/mol. The van der Waals surface area contributed by atoms with Crippen molar-refractivity contribution in [3.63, 3.8) is 0 Å². The molecule has 1 saturated heterocycles. The number of aryl methyl sites for hydroxylation is 1. The van der Waals surface area contributed by atoms with Crippen LogP contribution < -0.4 is 11.6 Å². The third kappa shape index (κ3) is 2.57. The van der Waals surface area contributed by atoms with Gasteiger partial charge in [-0.3, -0.25) is 0 Å². The summed E-state index contributed by atoms with van der Waals surface area (Å²) < 4.78 is 12.0. The Balaban J connectivity index is 0.00000162. The first-order chi connectivity index (χ1) is 7.73. The molecule has 0 aliphatic carbocycles. The van der Waals surface area contributed by atoms with Gasteiger partial charge in [-0.15, -0.1) is 0 Å². The Morgan fingerprint density at radius 3 is 2.00 bits per heavy atom. The van der Waals surface area contributed by atoms with E-state index < -0.39 is 0 Å². The van der Waals surface area contributed by atoms with Crippen LogP contribution in [0.3, 0.4) is 0 Å². The lowest BCUT2D eigenvalue weighted by molar-refractivity contribution is 0.00578. The van der Waals surface area contributed by atoms with E-state index in [0.29, 0.717) is 0 Å². The van der Waals surface area contributed by atoms with Gasteiger partial charge in [0.2, 0.25) is 0 Å². The summed E-state index contributed by atoms with van der Waals surface area (Å²) in [7, 11) is -0.309. The Labute approximate surface area is 115 Å². The molecule has 3 nitrogen and oxygen atoms in total. The van der Waals surface area contributed by atoms with Crippen molar-refractivity contribution < 1.29 is 9.31 Å². The van der Waals surface area contributed by atoms with E-state index in [1.54, 1.807) is 0 Å². The fraction of sp³-hybridized carbons (Fsp3) is 0.538. The maximum Gasteiger partial charge on any atom is 0.494 e. The van der Waals surface area contributed by atoms with Gasteiger partial charge in [0, 0.05) is 5.02 Å². The Hall–Kier alpha value is -0.545. The molecule has 0 spiro atoms. The predicted molar refractivity (Wildman–Crippen MR) is 76.9 cm³/mol. The van der Waals surface area contributed by atoms with E-state index in [4.69, 9.17) is 20.9 Å². The van der Waals surface area contributed by atoms with Gasteiger partial charge in [0.15, 0.2) is 0 Å². The Morgan fingerprint density at radius 1 is 1.06 bits per heavy atom. The van der Waals surface area contributed by atoms with Crippen LogP contribution in [-0.4, -0.2) is 18.3 Å². The van der Waals surface area contributed by atoms with Crippen molar-refractivity contribution >= 4 is 24.2 Å². The van der Waals surface area contributed by atoms with Crippen LogP contribution in [0.2, 0.25) is 5.02 Å². The van der Waals surface area contributed by atoms with E-state index in [-0.39, 0.29) is 24.5 Å². The van der Waals surface area contributed by atoms with Gasteiger partial charge in [-0.05, 0) is 51.7 Å². The molecule has 5 heteroatoms. The molecule has 3 N–H and O–H groups in total. The summed E-state index contributed by atoms with van der Waals surface area (Å²) in [5.74, 6) is 0. The summed E-state index contributed by atoms with van der Waals surface area (Å²) in [4.78, 5) is 0. The molecule has 1 aromatic carbocycles. The molecule has 0 atom stereocenters. The standard InChI is InChI=1S/C13H18BClO2.H3N/c1-9-8-10(6-7-11(9)15)14-16-12(2,3)13(4,5)17-14;/h6-8H,1-5H3;1H3. The maximum absolute atomic E-state index is 6.02. The van der Waals surface area contributed by atoms with E-state index in [1.165, 1.54) is 0 Å². The van der Waals surface area contributed by atoms with Crippen LogP contribution in [0.15, 0.2) is 18.2 Å². The Kier molecular flexibility index (Phi) is 4.18. The third-order valence-electron chi connectivity index (χ3n) is 3.71. The van der Waals surface area contributed by atoms with Crippen molar-refractivity contribution in [3.8, 4) is 0 Å². The van der Waals surface area contributed by atoms with Crippen LogP contribution >= 0.6 is 11.6 Å². The van der Waals surface area contributed by atoms with E-state index in [0.717, 1.165) is 16.0 Å². The van der Waals surface area contributed by atoms with Crippen molar-refractivity contribution in [3.05, 3.63) is 28.8 Å². The smallest absolute Gasteiger partial charge is 0.399 e. The Morgan fingerprint density at radius 2 is 1.56 bits per heavy atom. The monoisotopic (exact) mass is 269 g/mol. The van der Waals surface area contributed by atoms with Crippen LogP contribution in [-0.2, 0) is 9.31 Å². The largest absolute Gasteiger partial charge is 0.494 e. The van der Waals surface area contributed by atoms with Gasteiger partial charge in [-0.2, -0.15) is 0 Å². The van der Waals surface area contributed by atoms with Crippen LogP contribution in [0, 0.1) is 6.92 Å². The molecule has 0 amide bonds. The van der Waals surface area contributed by atoms with Crippen molar-refractivity contribution in [2.24, 2.45) is 0 Å². The van der Waals surface area contributed by atoms with Gasteiger partial charge >= 0.3 is 7.12 Å². The third-order valence-corrected chi connectivity index (χ3v) is 4.13. The van der Waals surface area contributed by atoms with Crippen LogP contribution in [0.4, 0.5) is 0 Å². The van der Waals surface area contributed by atoms with Gasteiger partial charge in [-0.25, -0.2) is 0 Å². The topological polar surface area (TPSA) is 53.5 Å². The zero-order chi connectivity index (χ0) is 12.8. The second-order valence-corrected chi connectivity index (χ2v) is 6.00. The van der Waals surface area contributed by atoms with Gasteiger partial charge in [0.05, 0.1) is 11.2 Å². The molecular weight excluding hydrogens is 248 g/mol. The summed E-state index contributed by atoms with van der Waals surface area (Å²) in [5, 5.41) is 0.769.